The highest BCUT2D eigenvalue weighted by molar-refractivity contribution is 8.01. The summed E-state index contributed by atoms with van der Waals surface area (Å²) in [7, 11) is 5.83. The first-order chi connectivity index (χ1) is 18.3. The van der Waals surface area contributed by atoms with E-state index in [2.05, 4.69) is 0 Å². The molecule has 1 heterocycles. The van der Waals surface area contributed by atoms with Crippen molar-refractivity contribution in [2.45, 2.75) is 35.6 Å². The SMILES string of the molecule is COC(=O)[C@@]1(Sc2ccc(C)cc2)CC(=O)N(Cc2ccc(OC)cc2OC)[C@@H]1c1cc(OC)ccc1F. The van der Waals surface area contributed by atoms with Crippen LogP contribution in [0.4, 0.5) is 4.39 Å². The summed E-state index contributed by atoms with van der Waals surface area (Å²) < 4.78 is 35.6. The summed E-state index contributed by atoms with van der Waals surface area (Å²) >= 11 is 1.20. The average Bonchev–Trinajstić information content (AvgIpc) is 3.21. The molecule has 0 saturated carbocycles. The highest BCUT2D eigenvalue weighted by Gasteiger charge is 2.59. The van der Waals surface area contributed by atoms with Gasteiger partial charge in [-0.1, -0.05) is 17.7 Å². The first-order valence-corrected chi connectivity index (χ1v) is 12.8. The molecule has 1 aliphatic rings. The maximum atomic E-state index is 15.5. The van der Waals surface area contributed by atoms with E-state index in [0.717, 1.165) is 10.5 Å². The fourth-order valence-electron chi connectivity index (χ4n) is 4.75. The number of rotatable bonds is 9. The maximum Gasteiger partial charge on any atom is 0.325 e. The van der Waals surface area contributed by atoms with Crippen LogP contribution in [0.5, 0.6) is 17.2 Å². The Morgan fingerprint density at radius 1 is 0.974 bits per heavy atom. The molecule has 0 radical (unpaired) electrons. The van der Waals surface area contributed by atoms with Crippen LogP contribution in [-0.2, 0) is 20.9 Å². The first kappa shape index (κ1) is 27.3. The molecule has 1 aliphatic heterocycles. The number of benzene rings is 3. The van der Waals surface area contributed by atoms with Crippen molar-refractivity contribution in [3.05, 3.63) is 83.2 Å². The molecule has 2 atom stereocenters. The van der Waals surface area contributed by atoms with Crippen molar-refractivity contribution in [2.24, 2.45) is 0 Å². The van der Waals surface area contributed by atoms with E-state index in [1.54, 1.807) is 25.3 Å². The molecule has 1 fully saturated rings. The van der Waals surface area contributed by atoms with Crippen molar-refractivity contribution >= 4 is 23.6 Å². The van der Waals surface area contributed by atoms with E-state index in [-0.39, 0.29) is 24.4 Å². The number of ether oxygens (including phenoxy) is 4. The van der Waals surface area contributed by atoms with Crippen molar-refractivity contribution in [1.82, 2.24) is 4.90 Å². The van der Waals surface area contributed by atoms with Crippen LogP contribution in [0.2, 0.25) is 0 Å². The fraction of sp³-hybridized carbons (Fsp3) is 0.310. The Morgan fingerprint density at radius 2 is 1.63 bits per heavy atom. The lowest BCUT2D eigenvalue weighted by atomic mass is 9.91. The minimum Gasteiger partial charge on any atom is -0.497 e. The van der Waals surface area contributed by atoms with E-state index in [1.807, 2.05) is 31.2 Å². The number of amides is 1. The zero-order valence-corrected chi connectivity index (χ0v) is 22.8. The molecular formula is C29H30FNO6S. The minimum absolute atomic E-state index is 0.0700. The summed E-state index contributed by atoms with van der Waals surface area (Å²) in [4.78, 5) is 29.6. The molecule has 0 aliphatic carbocycles. The van der Waals surface area contributed by atoms with Gasteiger partial charge in [0, 0.05) is 28.6 Å². The smallest absolute Gasteiger partial charge is 0.325 e. The van der Waals surface area contributed by atoms with E-state index in [0.29, 0.717) is 22.8 Å². The van der Waals surface area contributed by atoms with E-state index in [9.17, 15) is 9.59 Å². The standard InChI is InChI=1S/C29H30FNO6S/c1-18-6-11-22(12-7-18)38-29(28(33)37-5)16-26(32)31(17-19-8-9-21(35-3)15-25(19)36-4)27(29)23-14-20(34-2)10-13-24(23)30/h6-15,27H,16-17H2,1-5H3/t27-,29-/m1/s1. The number of carbonyl (C=O) groups excluding carboxylic acids is 2. The molecule has 1 amide bonds. The van der Waals surface area contributed by atoms with E-state index in [4.69, 9.17) is 18.9 Å². The Labute approximate surface area is 225 Å². The average molecular weight is 540 g/mol. The number of likely N-dealkylation sites (tertiary alicyclic amines) is 1. The van der Waals surface area contributed by atoms with Crippen molar-refractivity contribution in [2.75, 3.05) is 28.4 Å². The quantitative estimate of drug-likeness (QED) is 0.340. The zero-order chi connectivity index (χ0) is 27.4. The number of thioether (sulfide) groups is 1. The van der Waals surface area contributed by atoms with Crippen LogP contribution >= 0.6 is 11.8 Å². The van der Waals surface area contributed by atoms with Gasteiger partial charge in [0.2, 0.25) is 5.91 Å². The molecular weight excluding hydrogens is 509 g/mol. The Hall–Kier alpha value is -3.72. The second-order valence-corrected chi connectivity index (χ2v) is 10.4. The predicted octanol–water partition coefficient (Wildman–Crippen LogP) is 5.34. The van der Waals surface area contributed by atoms with E-state index >= 15 is 4.39 Å². The summed E-state index contributed by atoms with van der Waals surface area (Å²) in [6.45, 7) is 2.03. The number of carbonyl (C=O) groups is 2. The first-order valence-electron chi connectivity index (χ1n) is 11.9. The summed E-state index contributed by atoms with van der Waals surface area (Å²) in [5.41, 5.74) is 1.89. The van der Waals surface area contributed by atoms with Gasteiger partial charge in [-0.05, 0) is 49.4 Å². The van der Waals surface area contributed by atoms with Gasteiger partial charge in [-0.15, -0.1) is 11.8 Å². The van der Waals surface area contributed by atoms with Crippen molar-refractivity contribution < 1.29 is 32.9 Å². The molecule has 1 saturated heterocycles. The minimum atomic E-state index is -1.46. The maximum absolute atomic E-state index is 15.5. The van der Waals surface area contributed by atoms with Crippen molar-refractivity contribution in [3.8, 4) is 17.2 Å². The van der Waals surface area contributed by atoms with Crippen LogP contribution in [0, 0.1) is 12.7 Å². The topological polar surface area (TPSA) is 74.3 Å². The number of aryl methyl sites for hydroxylation is 1. The van der Waals surface area contributed by atoms with Crippen LogP contribution in [0.3, 0.4) is 0 Å². The molecule has 0 spiro atoms. The van der Waals surface area contributed by atoms with Gasteiger partial charge in [0.05, 0.1) is 40.9 Å². The normalized spacial score (nSPS) is 18.8. The number of halogens is 1. The molecule has 0 aromatic heterocycles. The highest BCUT2D eigenvalue weighted by Crippen LogP contribution is 2.54. The lowest BCUT2D eigenvalue weighted by Crippen LogP contribution is -2.43. The summed E-state index contributed by atoms with van der Waals surface area (Å²) in [5.74, 6) is 0.00101. The van der Waals surface area contributed by atoms with Crippen LogP contribution in [-0.4, -0.2) is 50.0 Å². The Kier molecular flexibility index (Phi) is 8.16. The number of esters is 1. The van der Waals surface area contributed by atoms with Crippen LogP contribution < -0.4 is 14.2 Å². The number of hydrogen-bond donors (Lipinski definition) is 0. The molecule has 0 unspecified atom stereocenters. The molecule has 7 nitrogen and oxygen atoms in total. The Balaban J connectivity index is 1.90. The third kappa shape index (κ3) is 5.15. The zero-order valence-electron chi connectivity index (χ0n) is 21.9. The second kappa shape index (κ2) is 11.3. The lowest BCUT2D eigenvalue weighted by molar-refractivity contribution is -0.144. The summed E-state index contributed by atoms with van der Waals surface area (Å²) in [6.07, 6.45) is -0.183. The second-order valence-electron chi connectivity index (χ2n) is 8.96. The third-order valence-electron chi connectivity index (χ3n) is 6.67. The van der Waals surface area contributed by atoms with Crippen molar-refractivity contribution in [1.29, 1.82) is 0 Å². The Bertz CT molecular complexity index is 1330. The van der Waals surface area contributed by atoms with Gasteiger partial charge < -0.3 is 23.8 Å². The molecule has 0 bridgehead atoms. The number of methoxy groups -OCH3 is 4. The number of nitrogens with zero attached hydrogens (tertiary/aromatic N) is 1. The van der Waals surface area contributed by atoms with Gasteiger partial charge in [-0.25, -0.2) is 4.39 Å². The molecule has 200 valence electrons. The third-order valence-corrected chi connectivity index (χ3v) is 8.08. The fourth-order valence-corrected chi connectivity index (χ4v) is 6.17. The van der Waals surface area contributed by atoms with Crippen LogP contribution in [0.15, 0.2) is 65.6 Å². The summed E-state index contributed by atoms with van der Waals surface area (Å²) in [5, 5.41) is 0. The molecule has 3 aromatic carbocycles. The van der Waals surface area contributed by atoms with Gasteiger partial charge in [0.25, 0.3) is 0 Å². The molecule has 4 rings (SSSR count). The van der Waals surface area contributed by atoms with Crippen molar-refractivity contribution in [3.63, 3.8) is 0 Å². The molecule has 9 heteroatoms. The molecule has 3 aromatic rings. The summed E-state index contributed by atoms with van der Waals surface area (Å²) in [6, 6.07) is 16.2. The number of hydrogen-bond acceptors (Lipinski definition) is 7. The van der Waals surface area contributed by atoms with E-state index < -0.39 is 22.6 Å². The molecule has 38 heavy (non-hydrogen) atoms. The highest BCUT2D eigenvalue weighted by atomic mass is 32.2. The van der Waals surface area contributed by atoms with Gasteiger partial charge in [0.15, 0.2) is 4.75 Å². The molecule has 0 N–H and O–H groups in total. The van der Waals surface area contributed by atoms with Crippen LogP contribution in [0.25, 0.3) is 0 Å². The largest absolute Gasteiger partial charge is 0.497 e. The van der Waals surface area contributed by atoms with Gasteiger partial charge in [0.1, 0.15) is 23.1 Å². The monoisotopic (exact) mass is 539 g/mol. The predicted molar refractivity (Wildman–Crippen MR) is 142 cm³/mol. The van der Waals surface area contributed by atoms with Gasteiger partial charge in [-0.2, -0.15) is 0 Å². The lowest BCUT2D eigenvalue weighted by Gasteiger charge is -2.36. The Morgan fingerprint density at radius 3 is 2.26 bits per heavy atom. The van der Waals surface area contributed by atoms with E-state index in [1.165, 1.54) is 56.2 Å². The van der Waals surface area contributed by atoms with Gasteiger partial charge >= 0.3 is 5.97 Å². The van der Waals surface area contributed by atoms with Gasteiger partial charge in [-0.3, -0.25) is 9.59 Å². The van der Waals surface area contributed by atoms with Crippen LogP contribution in [0.1, 0.15) is 29.2 Å².